The van der Waals surface area contributed by atoms with Gasteiger partial charge in [-0.25, -0.2) is 8.42 Å². The van der Waals surface area contributed by atoms with Crippen LogP contribution in [-0.4, -0.2) is 95.1 Å². The van der Waals surface area contributed by atoms with Gasteiger partial charge in [0.25, 0.3) is 11.6 Å². The Labute approximate surface area is 193 Å². The van der Waals surface area contributed by atoms with E-state index in [2.05, 4.69) is 31.9 Å². The Morgan fingerprint density at radius 2 is 1.83 bits per heavy atom. The van der Waals surface area contributed by atoms with E-state index < -0.39 is 32.2 Å². The van der Waals surface area contributed by atoms with Crippen molar-refractivity contribution in [3.8, 4) is 0 Å². The van der Waals surface area contributed by atoms with Gasteiger partial charge in [0, 0.05) is 48.7 Å². The first-order chi connectivity index (χ1) is 14.2. The molecule has 0 bridgehead atoms. The summed E-state index contributed by atoms with van der Waals surface area (Å²) < 4.78 is 26.4. The van der Waals surface area contributed by atoms with E-state index in [4.69, 9.17) is 0 Å². The number of hydrogen-bond donors (Lipinski definition) is 0. The van der Waals surface area contributed by atoms with Crippen LogP contribution in [0.4, 0.5) is 5.69 Å². The van der Waals surface area contributed by atoms with Gasteiger partial charge in [-0.1, -0.05) is 50.9 Å². The van der Waals surface area contributed by atoms with Crippen molar-refractivity contribution in [2.45, 2.75) is 18.5 Å². The van der Waals surface area contributed by atoms with Crippen LogP contribution in [0.15, 0.2) is 24.3 Å². The molecule has 1 fully saturated rings. The molecular formula is C18H26Br2N4O5S. The number of likely N-dealkylation sites (N-methyl/N-ethyl adjacent to an activating group) is 1. The number of sulfone groups is 1. The number of hydrogen-bond acceptors (Lipinski definition) is 7. The maximum Gasteiger partial charge on any atom is 0.282 e. The maximum absolute atomic E-state index is 13.4. The molecule has 12 heteroatoms. The number of benzene rings is 1. The molecule has 1 amide bonds. The minimum absolute atomic E-state index is 0.102. The van der Waals surface area contributed by atoms with Gasteiger partial charge in [0.05, 0.1) is 11.1 Å². The van der Waals surface area contributed by atoms with Crippen LogP contribution < -0.4 is 0 Å². The molecule has 0 aromatic heterocycles. The molecule has 9 nitrogen and oxygen atoms in total. The van der Waals surface area contributed by atoms with E-state index in [1.807, 2.05) is 16.8 Å². The second kappa shape index (κ2) is 11.0. The third-order valence-electron chi connectivity index (χ3n) is 5.19. The van der Waals surface area contributed by atoms with E-state index in [0.29, 0.717) is 30.3 Å². The van der Waals surface area contributed by atoms with Crippen molar-refractivity contribution in [1.82, 2.24) is 14.7 Å². The molecule has 1 aromatic carbocycles. The molecule has 1 aliphatic rings. The number of rotatable bonds is 9. The van der Waals surface area contributed by atoms with Crippen LogP contribution in [0.2, 0.25) is 0 Å². The van der Waals surface area contributed by atoms with Crippen molar-refractivity contribution >= 4 is 53.3 Å². The fourth-order valence-corrected chi connectivity index (χ4v) is 6.28. The summed E-state index contributed by atoms with van der Waals surface area (Å²) in [6.45, 7) is 3.34. The number of halogens is 2. The summed E-state index contributed by atoms with van der Waals surface area (Å²) in [6.07, 6.45) is -0.564. The summed E-state index contributed by atoms with van der Waals surface area (Å²) in [6, 6.07) is 5.65. The van der Waals surface area contributed by atoms with Gasteiger partial charge < -0.3 is 4.90 Å². The van der Waals surface area contributed by atoms with E-state index in [0.717, 1.165) is 0 Å². The van der Waals surface area contributed by atoms with Gasteiger partial charge in [0.2, 0.25) is 0 Å². The van der Waals surface area contributed by atoms with Crippen LogP contribution in [0.5, 0.6) is 0 Å². The van der Waals surface area contributed by atoms with Gasteiger partial charge in [-0.15, -0.1) is 0 Å². The van der Waals surface area contributed by atoms with E-state index >= 15 is 0 Å². The fraction of sp³-hybridized carbons (Fsp3) is 0.611. The molecule has 168 valence electrons. The highest BCUT2D eigenvalue weighted by Gasteiger charge is 2.47. The van der Waals surface area contributed by atoms with Gasteiger partial charge >= 0.3 is 0 Å². The monoisotopic (exact) mass is 568 g/mol. The minimum Gasteiger partial charge on any atom is -0.317 e. The highest BCUT2D eigenvalue weighted by molar-refractivity contribution is 9.09. The standard InChI is InChI=1S/C18H26Br2N4O5S/c1-3-30(28,29)18-16(22(10-8-19)11-9-20)21(2)12-13-23(18)17(25)14-6-4-5-7-15(14)24(26)27/h4-7,16,18H,3,8-13H2,1-2H3. The molecule has 2 rings (SSSR count). The Morgan fingerprint density at radius 1 is 1.23 bits per heavy atom. The molecular weight excluding hydrogens is 544 g/mol. The van der Waals surface area contributed by atoms with Gasteiger partial charge in [0.1, 0.15) is 5.56 Å². The van der Waals surface area contributed by atoms with Crippen molar-refractivity contribution in [3.63, 3.8) is 0 Å². The maximum atomic E-state index is 13.4. The molecule has 30 heavy (non-hydrogen) atoms. The second-order valence-corrected chi connectivity index (χ2v) is 10.9. The largest absolute Gasteiger partial charge is 0.317 e. The number of carbonyl (C=O) groups excluding carboxylic acids is 1. The second-order valence-electron chi connectivity index (χ2n) is 6.92. The molecule has 0 spiro atoms. The molecule has 1 heterocycles. The Balaban J connectivity index is 2.58. The summed E-state index contributed by atoms with van der Waals surface area (Å²) in [4.78, 5) is 29.4. The molecule has 0 radical (unpaired) electrons. The number of para-hydroxylation sites is 1. The molecule has 2 unspecified atom stereocenters. The van der Waals surface area contributed by atoms with Crippen LogP contribution in [0.3, 0.4) is 0 Å². The Hall–Kier alpha value is -1.08. The van der Waals surface area contributed by atoms with Gasteiger partial charge in [-0.05, 0) is 13.1 Å². The summed E-state index contributed by atoms with van der Waals surface area (Å²) in [5, 5.41) is 11.6. The Bertz CT molecular complexity index is 864. The lowest BCUT2D eigenvalue weighted by atomic mass is 10.1. The van der Waals surface area contributed by atoms with Crippen LogP contribution in [0.1, 0.15) is 17.3 Å². The number of piperazine rings is 1. The number of amides is 1. The topological polar surface area (TPSA) is 104 Å². The van der Waals surface area contributed by atoms with Crippen LogP contribution in [0.25, 0.3) is 0 Å². The van der Waals surface area contributed by atoms with Crippen LogP contribution in [-0.2, 0) is 9.84 Å². The van der Waals surface area contributed by atoms with E-state index in [9.17, 15) is 23.3 Å². The number of carbonyl (C=O) groups is 1. The van der Waals surface area contributed by atoms with Crippen molar-refractivity contribution in [2.75, 3.05) is 49.6 Å². The van der Waals surface area contributed by atoms with Crippen molar-refractivity contribution in [3.05, 3.63) is 39.9 Å². The highest BCUT2D eigenvalue weighted by atomic mass is 79.9. The summed E-state index contributed by atoms with van der Waals surface area (Å²) in [5.74, 6) is -0.779. The summed E-state index contributed by atoms with van der Waals surface area (Å²) in [7, 11) is -1.86. The zero-order chi connectivity index (χ0) is 22.5. The lowest BCUT2D eigenvalue weighted by Crippen LogP contribution is -2.68. The lowest BCUT2D eigenvalue weighted by Gasteiger charge is -2.49. The predicted molar refractivity (Wildman–Crippen MR) is 123 cm³/mol. The number of nitrogens with zero attached hydrogens (tertiary/aromatic N) is 4. The quantitative estimate of drug-likeness (QED) is 0.255. The number of alkyl halides is 2. The first kappa shape index (κ1) is 25.2. The van der Waals surface area contributed by atoms with E-state index in [-0.39, 0.29) is 23.5 Å². The molecule has 1 aromatic rings. The minimum atomic E-state index is -3.70. The fourth-order valence-electron chi connectivity index (χ4n) is 3.69. The predicted octanol–water partition coefficient (Wildman–Crippen LogP) is 2.16. The summed E-state index contributed by atoms with van der Waals surface area (Å²) >= 11 is 6.84. The smallest absolute Gasteiger partial charge is 0.282 e. The molecule has 1 saturated heterocycles. The van der Waals surface area contributed by atoms with Gasteiger partial charge in [-0.3, -0.25) is 24.7 Å². The molecule has 0 aliphatic carbocycles. The number of nitro benzene ring substituents is 1. The first-order valence-electron chi connectivity index (χ1n) is 9.51. The molecule has 2 atom stereocenters. The van der Waals surface area contributed by atoms with Crippen molar-refractivity contribution < 1.29 is 18.1 Å². The third-order valence-corrected chi connectivity index (χ3v) is 7.94. The zero-order valence-corrected chi connectivity index (χ0v) is 20.9. The van der Waals surface area contributed by atoms with E-state index in [1.54, 1.807) is 13.0 Å². The number of nitro groups is 1. The van der Waals surface area contributed by atoms with Crippen LogP contribution in [0, 0.1) is 10.1 Å². The lowest BCUT2D eigenvalue weighted by molar-refractivity contribution is -0.385. The SMILES string of the molecule is CCS(=O)(=O)C1C(N(CCBr)CCBr)N(C)CCN1C(=O)c1ccccc1[N+](=O)[O-]. The van der Waals surface area contributed by atoms with Crippen molar-refractivity contribution in [1.29, 1.82) is 0 Å². The zero-order valence-electron chi connectivity index (χ0n) is 16.9. The molecule has 1 aliphatic heterocycles. The van der Waals surface area contributed by atoms with E-state index in [1.165, 1.54) is 23.1 Å². The molecule has 0 N–H and O–H groups in total. The Kier molecular flexibility index (Phi) is 9.22. The average Bonchev–Trinajstić information content (AvgIpc) is 2.72. The van der Waals surface area contributed by atoms with Gasteiger partial charge in [0.15, 0.2) is 15.2 Å². The first-order valence-corrected chi connectivity index (χ1v) is 13.5. The van der Waals surface area contributed by atoms with Crippen LogP contribution >= 0.6 is 31.9 Å². The highest BCUT2D eigenvalue weighted by Crippen LogP contribution is 2.29. The summed E-state index contributed by atoms with van der Waals surface area (Å²) in [5.41, 5.74) is -0.432. The average molecular weight is 570 g/mol. The normalized spacial score (nSPS) is 20.5. The molecule has 0 saturated carbocycles. The Morgan fingerprint density at radius 3 is 2.37 bits per heavy atom. The van der Waals surface area contributed by atoms with Crippen molar-refractivity contribution in [2.24, 2.45) is 0 Å². The van der Waals surface area contributed by atoms with Gasteiger partial charge in [-0.2, -0.15) is 0 Å². The third kappa shape index (κ3) is 5.39.